The molecule has 0 N–H and O–H groups in total. The Morgan fingerprint density at radius 2 is 1.93 bits per heavy atom. The van der Waals surface area contributed by atoms with Crippen LogP contribution in [0.1, 0.15) is 66.4 Å². The van der Waals surface area contributed by atoms with E-state index >= 15 is 0 Å². The predicted octanol–water partition coefficient (Wildman–Crippen LogP) is 4.59. The topological polar surface area (TPSA) is 49.3 Å². The highest BCUT2D eigenvalue weighted by molar-refractivity contribution is 9.10. The molecule has 0 aromatic carbocycles. The van der Waals surface area contributed by atoms with Crippen LogP contribution < -0.4 is 4.90 Å². The highest BCUT2D eigenvalue weighted by atomic mass is 79.9. The van der Waals surface area contributed by atoms with E-state index in [0.717, 1.165) is 29.9 Å². The summed E-state index contributed by atoms with van der Waals surface area (Å²) in [5.74, 6) is 2.40. The number of aromatic nitrogens is 2. The summed E-state index contributed by atoms with van der Waals surface area (Å²) in [6.07, 6.45) is 7.37. The van der Waals surface area contributed by atoms with Gasteiger partial charge in [0.2, 0.25) is 0 Å². The second-order valence-corrected chi connectivity index (χ2v) is 8.73. The number of halogens is 1. The van der Waals surface area contributed by atoms with E-state index in [1.807, 2.05) is 17.0 Å². The zero-order chi connectivity index (χ0) is 19.7. The van der Waals surface area contributed by atoms with Crippen molar-refractivity contribution in [3.8, 4) is 0 Å². The molecule has 2 aromatic rings. The lowest BCUT2D eigenvalue weighted by molar-refractivity contribution is 0.0746. The fraction of sp³-hybridized carbons (Fsp3) is 0.500. The van der Waals surface area contributed by atoms with E-state index in [1.54, 1.807) is 6.20 Å². The Morgan fingerprint density at radius 1 is 1.18 bits per heavy atom. The van der Waals surface area contributed by atoms with Crippen LogP contribution in [0.15, 0.2) is 35.2 Å². The summed E-state index contributed by atoms with van der Waals surface area (Å²) in [7, 11) is 0. The number of carbonyl (C=O) groups excluding carboxylic acids is 1. The monoisotopic (exact) mass is 442 g/mol. The standard InChI is InChI=1S/C22H27BrN4O/c1-3-15(2)18-12-19(16-4-5-16)21(25-14-18)26-8-10-27(11-9-26)22(28)17-6-7-20(23)24-13-17/h6-7,12-16H,3-5,8-11H2,1-2H3. The molecule has 148 valence electrons. The van der Waals surface area contributed by atoms with E-state index < -0.39 is 0 Å². The van der Waals surface area contributed by atoms with Crippen LogP contribution in [0.5, 0.6) is 0 Å². The summed E-state index contributed by atoms with van der Waals surface area (Å²) < 4.78 is 0.744. The van der Waals surface area contributed by atoms with Crippen LogP contribution in [0.3, 0.4) is 0 Å². The van der Waals surface area contributed by atoms with Gasteiger partial charge >= 0.3 is 0 Å². The molecule has 3 heterocycles. The Labute approximate surface area is 175 Å². The largest absolute Gasteiger partial charge is 0.353 e. The Hall–Kier alpha value is -1.95. The molecule has 28 heavy (non-hydrogen) atoms. The van der Waals surface area contributed by atoms with E-state index in [-0.39, 0.29) is 5.91 Å². The van der Waals surface area contributed by atoms with Gasteiger partial charge in [0.1, 0.15) is 10.4 Å². The summed E-state index contributed by atoms with van der Waals surface area (Å²) in [6, 6.07) is 6.03. The third-order valence-electron chi connectivity index (χ3n) is 5.96. The first kappa shape index (κ1) is 19.4. The van der Waals surface area contributed by atoms with E-state index in [0.29, 0.717) is 30.5 Å². The molecular formula is C22H27BrN4O. The van der Waals surface area contributed by atoms with Gasteiger partial charge in [0, 0.05) is 38.6 Å². The number of pyridine rings is 2. The van der Waals surface area contributed by atoms with Crippen LogP contribution in [0.2, 0.25) is 0 Å². The quantitative estimate of drug-likeness (QED) is 0.635. The Kier molecular flexibility index (Phi) is 5.67. The molecule has 1 saturated carbocycles. The van der Waals surface area contributed by atoms with Gasteiger partial charge in [-0.3, -0.25) is 4.79 Å². The first-order chi connectivity index (χ1) is 13.6. The number of piperazine rings is 1. The predicted molar refractivity (Wildman–Crippen MR) is 115 cm³/mol. The first-order valence-electron chi connectivity index (χ1n) is 10.2. The van der Waals surface area contributed by atoms with Gasteiger partial charge in [0.15, 0.2) is 0 Å². The Bertz CT molecular complexity index is 842. The van der Waals surface area contributed by atoms with Crippen molar-refractivity contribution in [1.29, 1.82) is 0 Å². The molecule has 1 unspecified atom stereocenters. The molecule has 1 atom stereocenters. The fourth-order valence-corrected chi connectivity index (χ4v) is 4.00. The molecule has 1 amide bonds. The SMILES string of the molecule is CCC(C)c1cnc(N2CCN(C(=O)c3ccc(Br)nc3)CC2)c(C2CC2)c1. The lowest BCUT2D eigenvalue weighted by Gasteiger charge is -2.36. The second kappa shape index (κ2) is 8.19. The fourth-order valence-electron chi connectivity index (χ4n) is 3.76. The Balaban J connectivity index is 1.46. The van der Waals surface area contributed by atoms with Crippen molar-refractivity contribution in [1.82, 2.24) is 14.9 Å². The Morgan fingerprint density at radius 3 is 2.54 bits per heavy atom. The summed E-state index contributed by atoms with van der Waals surface area (Å²) >= 11 is 3.32. The molecule has 1 aliphatic carbocycles. The number of rotatable bonds is 5. The van der Waals surface area contributed by atoms with Crippen molar-refractivity contribution >= 4 is 27.7 Å². The highest BCUT2D eigenvalue weighted by Gasteiger charge is 2.31. The molecule has 2 aromatic heterocycles. The van der Waals surface area contributed by atoms with Gasteiger partial charge in [0.25, 0.3) is 5.91 Å². The molecule has 0 radical (unpaired) electrons. The van der Waals surface area contributed by atoms with Crippen molar-refractivity contribution in [2.24, 2.45) is 0 Å². The van der Waals surface area contributed by atoms with Crippen LogP contribution in [-0.4, -0.2) is 47.0 Å². The minimum absolute atomic E-state index is 0.0575. The number of hydrogen-bond donors (Lipinski definition) is 0. The van der Waals surface area contributed by atoms with E-state index in [4.69, 9.17) is 4.98 Å². The normalized spacial score (nSPS) is 18.2. The van der Waals surface area contributed by atoms with Gasteiger partial charge in [-0.2, -0.15) is 0 Å². The van der Waals surface area contributed by atoms with Crippen molar-refractivity contribution in [2.45, 2.75) is 44.9 Å². The van der Waals surface area contributed by atoms with Crippen LogP contribution in [0, 0.1) is 0 Å². The minimum Gasteiger partial charge on any atom is -0.353 e. The third-order valence-corrected chi connectivity index (χ3v) is 6.42. The molecule has 1 aliphatic heterocycles. The van der Waals surface area contributed by atoms with Gasteiger partial charge in [-0.25, -0.2) is 9.97 Å². The van der Waals surface area contributed by atoms with E-state index in [1.165, 1.54) is 24.0 Å². The third kappa shape index (κ3) is 4.07. The zero-order valence-electron chi connectivity index (χ0n) is 16.6. The number of hydrogen-bond acceptors (Lipinski definition) is 4. The van der Waals surface area contributed by atoms with Crippen molar-refractivity contribution in [2.75, 3.05) is 31.1 Å². The molecule has 1 saturated heterocycles. The summed E-state index contributed by atoms with van der Waals surface area (Å²) in [5, 5.41) is 0. The van der Waals surface area contributed by atoms with Crippen LogP contribution in [-0.2, 0) is 0 Å². The van der Waals surface area contributed by atoms with Gasteiger partial charge in [-0.15, -0.1) is 0 Å². The maximum atomic E-state index is 12.7. The molecule has 4 rings (SSSR count). The number of amides is 1. The van der Waals surface area contributed by atoms with Gasteiger partial charge < -0.3 is 9.80 Å². The van der Waals surface area contributed by atoms with Crippen LogP contribution in [0.4, 0.5) is 5.82 Å². The van der Waals surface area contributed by atoms with Gasteiger partial charge in [-0.1, -0.05) is 19.9 Å². The molecule has 0 bridgehead atoms. The van der Waals surface area contributed by atoms with Crippen molar-refractivity contribution in [3.63, 3.8) is 0 Å². The number of carbonyl (C=O) groups is 1. The van der Waals surface area contributed by atoms with E-state index in [2.05, 4.69) is 51.9 Å². The van der Waals surface area contributed by atoms with Crippen LogP contribution in [0.25, 0.3) is 0 Å². The first-order valence-corrected chi connectivity index (χ1v) is 11.0. The van der Waals surface area contributed by atoms with Crippen molar-refractivity contribution < 1.29 is 4.79 Å². The maximum absolute atomic E-state index is 12.7. The molecule has 0 spiro atoms. The van der Waals surface area contributed by atoms with Crippen molar-refractivity contribution in [3.05, 3.63) is 51.9 Å². The lowest BCUT2D eigenvalue weighted by Crippen LogP contribution is -2.49. The zero-order valence-corrected chi connectivity index (χ0v) is 18.2. The highest BCUT2D eigenvalue weighted by Crippen LogP contribution is 2.44. The summed E-state index contributed by atoms with van der Waals surface area (Å²) in [6.45, 7) is 7.58. The molecule has 2 aliphatic rings. The summed E-state index contributed by atoms with van der Waals surface area (Å²) in [5.41, 5.74) is 3.41. The molecule has 5 nitrogen and oxygen atoms in total. The number of nitrogens with zero attached hydrogens (tertiary/aromatic N) is 4. The number of anilines is 1. The molecule has 2 fully saturated rings. The molecular weight excluding hydrogens is 416 g/mol. The van der Waals surface area contributed by atoms with Gasteiger partial charge in [0.05, 0.1) is 5.56 Å². The average Bonchev–Trinajstić information content (AvgIpc) is 3.58. The van der Waals surface area contributed by atoms with E-state index in [9.17, 15) is 4.79 Å². The summed E-state index contributed by atoms with van der Waals surface area (Å²) in [4.78, 5) is 26.1. The molecule has 6 heteroatoms. The van der Waals surface area contributed by atoms with Crippen LogP contribution >= 0.6 is 15.9 Å². The smallest absolute Gasteiger partial charge is 0.255 e. The van der Waals surface area contributed by atoms with Gasteiger partial charge in [-0.05, 0) is 70.3 Å². The average molecular weight is 443 g/mol. The lowest BCUT2D eigenvalue weighted by atomic mass is 9.97. The minimum atomic E-state index is 0.0575. The second-order valence-electron chi connectivity index (χ2n) is 7.91. The maximum Gasteiger partial charge on any atom is 0.255 e.